The molecule has 3 nitrogen and oxygen atoms in total. The molecule has 0 bridgehead atoms. The summed E-state index contributed by atoms with van der Waals surface area (Å²) < 4.78 is 0. The Morgan fingerprint density at radius 1 is 1.37 bits per heavy atom. The maximum Gasteiger partial charge on any atom is 0.157 e. The molecule has 2 heterocycles. The summed E-state index contributed by atoms with van der Waals surface area (Å²) in [5.74, 6) is 1.13. The molecule has 1 atom stereocenters. The summed E-state index contributed by atoms with van der Waals surface area (Å²) in [6.07, 6.45) is 2.31. The highest BCUT2D eigenvalue weighted by atomic mass is 32.2. The van der Waals surface area contributed by atoms with Gasteiger partial charge in [0.15, 0.2) is 5.17 Å². The van der Waals surface area contributed by atoms with Crippen LogP contribution >= 0.6 is 23.1 Å². The molecule has 1 saturated heterocycles. The third kappa shape index (κ3) is 3.14. The van der Waals surface area contributed by atoms with Crippen LogP contribution in [0.4, 0.5) is 0 Å². The Morgan fingerprint density at radius 2 is 2.05 bits per heavy atom. The number of hydrogen-bond donors (Lipinski definition) is 1. The number of nitrogens with zero attached hydrogens (tertiary/aromatic N) is 2. The van der Waals surface area contributed by atoms with Crippen molar-refractivity contribution in [1.29, 1.82) is 0 Å². The number of aliphatic imine (C=N–C) groups is 1. The molecule has 1 N–H and O–H groups in total. The van der Waals surface area contributed by atoms with Crippen molar-refractivity contribution < 1.29 is 0 Å². The van der Waals surface area contributed by atoms with Gasteiger partial charge in [0.1, 0.15) is 0 Å². The molecular weight excluding hydrogens is 274 g/mol. The second-order valence-corrected chi connectivity index (χ2v) is 7.39. The average molecular weight is 297 g/mol. The van der Waals surface area contributed by atoms with E-state index in [4.69, 9.17) is 4.99 Å². The van der Waals surface area contributed by atoms with Crippen molar-refractivity contribution in [3.63, 3.8) is 0 Å². The predicted octanol–water partition coefficient (Wildman–Crippen LogP) is 4.07. The summed E-state index contributed by atoms with van der Waals surface area (Å²) in [7, 11) is 0. The van der Waals surface area contributed by atoms with E-state index in [9.17, 15) is 0 Å². The number of amidine groups is 1. The molecule has 1 unspecified atom stereocenters. The van der Waals surface area contributed by atoms with Crippen LogP contribution < -0.4 is 5.32 Å². The maximum absolute atomic E-state index is 4.85. The number of nitrogens with one attached hydrogen (secondary N) is 1. The highest BCUT2D eigenvalue weighted by molar-refractivity contribution is 8.14. The van der Waals surface area contributed by atoms with Gasteiger partial charge in [-0.2, -0.15) is 0 Å². The van der Waals surface area contributed by atoms with Crippen LogP contribution in [0, 0.1) is 13.8 Å². The Balaban J connectivity index is 2.13. The van der Waals surface area contributed by atoms with Crippen LogP contribution in [-0.2, 0) is 0 Å². The maximum atomic E-state index is 4.85. The van der Waals surface area contributed by atoms with Crippen molar-refractivity contribution in [1.82, 2.24) is 10.3 Å². The Morgan fingerprint density at radius 3 is 2.53 bits per heavy atom. The van der Waals surface area contributed by atoms with Crippen LogP contribution in [0.5, 0.6) is 0 Å². The van der Waals surface area contributed by atoms with E-state index in [1.54, 1.807) is 11.3 Å². The standard InChI is InChI=1S/C14H23N3S2/c1-6-14(7-2)8-18-13(17-14)16-10(4)12-9(3)15-11(5)19-12/h10H,6-8H2,1-5H3,(H,16,17). The Bertz CT molecular complexity index is 475. The third-order valence-corrected chi connectivity index (χ3v) is 6.26. The zero-order valence-electron chi connectivity index (χ0n) is 12.4. The molecule has 1 aromatic rings. The van der Waals surface area contributed by atoms with Gasteiger partial charge in [-0.05, 0) is 33.6 Å². The van der Waals surface area contributed by atoms with Crippen molar-refractivity contribution >= 4 is 28.3 Å². The lowest BCUT2D eigenvalue weighted by atomic mass is 9.96. The molecule has 2 rings (SSSR count). The van der Waals surface area contributed by atoms with E-state index in [1.807, 2.05) is 11.8 Å². The summed E-state index contributed by atoms with van der Waals surface area (Å²) >= 11 is 3.62. The SMILES string of the molecule is CCC1(CC)CSC(=NC(C)c2sc(C)nc2C)N1. The van der Waals surface area contributed by atoms with Crippen LogP contribution in [0.15, 0.2) is 4.99 Å². The van der Waals surface area contributed by atoms with Gasteiger partial charge < -0.3 is 5.32 Å². The van der Waals surface area contributed by atoms with Gasteiger partial charge in [0.05, 0.1) is 21.6 Å². The molecule has 0 spiro atoms. The summed E-state index contributed by atoms with van der Waals surface area (Å²) in [5.41, 5.74) is 1.38. The summed E-state index contributed by atoms with van der Waals surface area (Å²) in [4.78, 5) is 10.6. The minimum absolute atomic E-state index is 0.200. The number of hydrogen-bond acceptors (Lipinski definition) is 4. The molecule has 1 aliphatic rings. The van der Waals surface area contributed by atoms with Crippen molar-refractivity contribution in [3.05, 3.63) is 15.6 Å². The first-order valence-corrected chi connectivity index (χ1v) is 8.72. The Labute approximate surface area is 124 Å². The summed E-state index contributed by atoms with van der Waals surface area (Å²) in [5, 5.41) is 5.85. The second-order valence-electron chi connectivity index (χ2n) is 5.19. The van der Waals surface area contributed by atoms with E-state index in [0.29, 0.717) is 0 Å². The van der Waals surface area contributed by atoms with Crippen molar-refractivity contribution in [2.45, 2.75) is 59.0 Å². The van der Waals surface area contributed by atoms with E-state index >= 15 is 0 Å². The molecule has 1 aromatic heterocycles. The quantitative estimate of drug-likeness (QED) is 0.910. The highest BCUT2D eigenvalue weighted by Crippen LogP contribution is 2.32. The molecule has 0 aromatic carbocycles. The fraction of sp³-hybridized carbons (Fsp3) is 0.714. The zero-order valence-corrected chi connectivity index (χ0v) is 14.0. The fourth-order valence-corrected chi connectivity index (χ4v) is 4.71. The van der Waals surface area contributed by atoms with Gasteiger partial charge in [-0.25, -0.2) is 4.98 Å². The first-order valence-electron chi connectivity index (χ1n) is 6.92. The first kappa shape index (κ1) is 14.9. The molecule has 19 heavy (non-hydrogen) atoms. The Kier molecular flexibility index (Phi) is 4.56. The second kappa shape index (κ2) is 5.83. The van der Waals surface area contributed by atoms with Gasteiger partial charge in [0.25, 0.3) is 0 Å². The number of aromatic nitrogens is 1. The summed E-state index contributed by atoms with van der Waals surface area (Å²) in [6.45, 7) is 10.8. The van der Waals surface area contributed by atoms with Crippen LogP contribution in [0.25, 0.3) is 0 Å². The topological polar surface area (TPSA) is 37.3 Å². The normalized spacial score (nSPS) is 21.6. The molecule has 0 saturated carbocycles. The summed E-state index contributed by atoms with van der Waals surface area (Å²) in [6, 6.07) is 0.200. The minimum atomic E-state index is 0.200. The van der Waals surface area contributed by atoms with Crippen LogP contribution in [0.2, 0.25) is 0 Å². The largest absolute Gasteiger partial charge is 0.359 e. The van der Waals surface area contributed by atoms with Crippen molar-refractivity contribution in [2.75, 3.05) is 5.75 Å². The van der Waals surface area contributed by atoms with Gasteiger partial charge in [0.2, 0.25) is 0 Å². The van der Waals surface area contributed by atoms with Crippen molar-refractivity contribution in [3.8, 4) is 0 Å². The van der Waals surface area contributed by atoms with Crippen LogP contribution in [-0.4, -0.2) is 21.4 Å². The molecule has 0 aliphatic carbocycles. The van der Waals surface area contributed by atoms with E-state index in [1.165, 1.54) is 4.88 Å². The third-order valence-electron chi connectivity index (χ3n) is 3.84. The lowest BCUT2D eigenvalue weighted by molar-refractivity contribution is 0.407. The lowest BCUT2D eigenvalue weighted by Crippen LogP contribution is -2.42. The molecule has 1 fully saturated rings. The van der Waals surface area contributed by atoms with Crippen LogP contribution in [0.1, 0.15) is 55.2 Å². The monoisotopic (exact) mass is 297 g/mol. The molecule has 0 amide bonds. The zero-order chi connectivity index (χ0) is 14.0. The average Bonchev–Trinajstić information content (AvgIpc) is 2.93. The molecule has 106 valence electrons. The van der Waals surface area contributed by atoms with E-state index in [-0.39, 0.29) is 11.6 Å². The van der Waals surface area contributed by atoms with E-state index in [0.717, 1.165) is 34.5 Å². The number of thioether (sulfide) groups is 1. The number of thiazole rings is 1. The predicted molar refractivity (Wildman–Crippen MR) is 86.3 cm³/mol. The van der Waals surface area contributed by atoms with Gasteiger partial charge in [-0.15, -0.1) is 11.3 Å². The fourth-order valence-electron chi connectivity index (χ4n) is 2.38. The van der Waals surface area contributed by atoms with E-state index in [2.05, 4.69) is 44.9 Å². The first-order chi connectivity index (χ1) is 8.99. The molecule has 1 aliphatic heterocycles. The highest BCUT2D eigenvalue weighted by Gasteiger charge is 2.34. The molecule has 0 radical (unpaired) electrons. The van der Waals surface area contributed by atoms with Gasteiger partial charge >= 0.3 is 0 Å². The lowest BCUT2D eigenvalue weighted by Gasteiger charge is -2.25. The molecule has 5 heteroatoms. The molecular formula is C14H23N3S2. The van der Waals surface area contributed by atoms with Crippen LogP contribution in [0.3, 0.4) is 0 Å². The smallest absolute Gasteiger partial charge is 0.157 e. The minimum Gasteiger partial charge on any atom is -0.359 e. The van der Waals surface area contributed by atoms with Crippen molar-refractivity contribution in [2.24, 2.45) is 4.99 Å². The van der Waals surface area contributed by atoms with Gasteiger partial charge in [0, 0.05) is 11.3 Å². The number of aryl methyl sites for hydroxylation is 2. The number of rotatable bonds is 4. The van der Waals surface area contributed by atoms with Gasteiger partial charge in [-0.1, -0.05) is 25.6 Å². The Hall–Kier alpha value is -0.550. The van der Waals surface area contributed by atoms with E-state index < -0.39 is 0 Å². The van der Waals surface area contributed by atoms with Gasteiger partial charge in [-0.3, -0.25) is 4.99 Å².